The Balaban J connectivity index is 1.32. The second-order valence-corrected chi connectivity index (χ2v) is 10.8. The minimum absolute atomic E-state index is 0.161. The summed E-state index contributed by atoms with van der Waals surface area (Å²) in [6.07, 6.45) is 9.80. The van der Waals surface area contributed by atoms with E-state index in [9.17, 15) is 9.00 Å². The zero-order valence-electron chi connectivity index (χ0n) is 16.8. The second-order valence-electron chi connectivity index (χ2n) is 9.08. The molecule has 1 fully saturated rings. The Hall–Kier alpha value is -2.39. The molecule has 30 heavy (non-hydrogen) atoms. The molecular formula is C21H25N5O3S. The van der Waals surface area contributed by atoms with Crippen LogP contribution in [0.4, 0.5) is 10.5 Å². The van der Waals surface area contributed by atoms with E-state index in [1.165, 1.54) is 28.5 Å². The fourth-order valence-electron chi connectivity index (χ4n) is 5.15. The number of urea groups is 1. The van der Waals surface area contributed by atoms with Crippen LogP contribution in [0.3, 0.4) is 0 Å². The van der Waals surface area contributed by atoms with Crippen molar-refractivity contribution >= 4 is 21.6 Å². The molecule has 2 heterocycles. The second kappa shape index (κ2) is 6.31. The van der Waals surface area contributed by atoms with E-state index < -0.39 is 15.9 Å². The summed E-state index contributed by atoms with van der Waals surface area (Å²) in [6.45, 7) is 1.29. The first kappa shape index (κ1) is 18.4. The molecule has 4 aliphatic rings. The van der Waals surface area contributed by atoms with Gasteiger partial charge in [0.2, 0.25) is 5.88 Å². The van der Waals surface area contributed by atoms with Crippen LogP contribution >= 0.6 is 0 Å². The van der Waals surface area contributed by atoms with Crippen molar-refractivity contribution in [3.05, 3.63) is 34.5 Å². The van der Waals surface area contributed by atoms with Gasteiger partial charge in [-0.05, 0) is 73.6 Å². The van der Waals surface area contributed by atoms with Gasteiger partial charge in [0.15, 0.2) is 9.92 Å². The number of rotatable bonds is 2. The summed E-state index contributed by atoms with van der Waals surface area (Å²) in [5, 5.41) is 13.3. The molecule has 1 atom stereocenters. The van der Waals surface area contributed by atoms with Crippen LogP contribution in [-0.4, -0.2) is 26.6 Å². The van der Waals surface area contributed by atoms with E-state index in [2.05, 4.69) is 20.8 Å². The number of ether oxygens (including phenoxy) is 1. The number of anilines is 1. The van der Waals surface area contributed by atoms with Crippen molar-refractivity contribution in [2.75, 3.05) is 11.9 Å². The molecular weight excluding hydrogens is 402 g/mol. The molecule has 2 amide bonds. The largest absolute Gasteiger partial charge is 0.476 e. The third-order valence-corrected chi connectivity index (χ3v) is 8.30. The van der Waals surface area contributed by atoms with Crippen molar-refractivity contribution < 1.29 is 13.7 Å². The van der Waals surface area contributed by atoms with E-state index >= 15 is 0 Å². The summed E-state index contributed by atoms with van der Waals surface area (Å²) < 4.78 is 24.6. The molecule has 158 valence electrons. The number of aromatic nitrogens is 2. The molecule has 9 heteroatoms. The van der Waals surface area contributed by atoms with Gasteiger partial charge in [0.25, 0.3) is 0 Å². The van der Waals surface area contributed by atoms with Gasteiger partial charge >= 0.3 is 6.03 Å². The predicted molar refractivity (Wildman–Crippen MR) is 112 cm³/mol. The molecule has 1 aromatic heterocycles. The number of hydrogen-bond donors (Lipinski definition) is 2. The number of carbonyl (C=O) groups is 1. The Morgan fingerprint density at radius 3 is 2.57 bits per heavy atom. The van der Waals surface area contributed by atoms with Crippen molar-refractivity contribution in [1.29, 1.82) is 0 Å². The lowest BCUT2D eigenvalue weighted by atomic mass is 9.99. The minimum atomic E-state index is -3.47. The summed E-state index contributed by atoms with van der Waals surface area (Å²) in [5.74, 6) is 0.373. The van der Waals surface area contributed by atoms with Crippen molar-refractivity contribution in [3.63, 3.8) is 0 Å². The molecule has 3 aliphatic carbocycles. The van der Waals surface area contributed by atoms with Crippen LogP contribution in [0.5, 0.6) is 5.88 Å². The molecule has 1 aliphatic heterocycles. The number of fused-ring (bicyclic) bond motifs is 3. The lowest BCUT2D eigenvalue weighted by Crippen LogP contribution is -2.28. The van der Waals surface area contributed by atoms with E-state index in [0.29, 0.717) is 12.5 Å². The van der Waals surface area contributed by atoms with Gasteiger partial charge in [-0.15, -0.1) is 4.36 Å². The van der Waals surface area contributed by atoms with E-state index in [4.69, 9.17) is 9.88 Å². The van der Waals surface area contributed by atoms with Crippen LogP contribution in [0.2, 0.25) is 0 Å². The van der Waals surface area contributed by atoms with Crippen LogP contribution in [0.25, 0.3) is 0 Å². The molecule has 6 rings (SSSR count). The summed E-state index contributed by atoms with van der Waals surface area (Å²) in [4.78, 5) is 13.0. The predicted octanol–water partition coefficient (Wildman–Crippen LogP) is 2.97. The summed E-state index contributed by atoms with van der Waals surface area (Å²) >= 11 is 0. The fourth-order valence-corrected chi connectivity index (χ4v) is 6.15. The highest BCUT2D eigenvalue weighted by Crippen LogP contribution is 2.50. The fraction of sp³-hybridized carbons (Fsp3) is 0.524. The first-order valence-corrected chi connectivity index (χ1v) is 12.2. The maximum absolute atomic E-state index is 13.2. The zero-order valence-corrected chi connectivity index (χ0v) is 17.6. The van der Waals surface area contributed by atoms with E-state index in [1.807, 2.05) is 0 Å². The number of nitrogens with one attached hydrogen (secondary N) is 1. The molecule has 2 aromatic rings. The van der Waals surface area contributed by atoms with Crippen LogP contribution in [0, 0.1) is 5.41 Å². The Morgan fingerprint density at radius 1 is 1.20 bits per heavy atom. The highest BCUT2D eigenvalue weighted by molar-refractivity contribution is 7.91. The SMILES string of the molecule is N[S@@](=O)(=NC(=O)Nc1c2c(cc3c1CCC3)CCC2)c1cnn2c1OCC1(CC1)C2. The molecule has 0 radical (unpaired) electrons. The highest BCUT2D eigenvalue weighted by atomic mass is 32.2. The van der Waals surface area contributed by atoms with E-state index in [-0.39, 0.29) is 10.3 Å². The normalized spacial score (nSPS) is 21.9. The third-order valence-electron chi connectivity index (χ3n) is 6.96. The van der Waals surface area contributed by atoms with Gasteiger partial charge in [-0.25, -0.2) is 18.8 Å². The van der Waals surface area contributed by atoms with Gasteiger partial charge in [0.1, 0.15) is 4.90 Å². The molecule has 0 saturated heterocycles. The average Bonchev–Trinajstić information content (AvgIpc) is 3.13. The summed E-state index contributed by atoms with van der Waals surface area (Å²) in [6, 6.07) is 1.62. The van der Waals surface area contributed by atoms with Crippen molar-refractivity contribution in [1.82, 2.24) is 9.78 Å². The van der Waals surface area contributed by atoms with Gasteiger partial charge in [-0.3, -0.25) is 0 Å². The Morgan fingerprint density at radius 2 is 1.90 bits per heavy atom. The third kappa shape index (κ3) is 2.86. The van der Waals surface area contributed by atoms with Crippen LogP contribution in [-0.2, 0) is 42.1 Å². The smallest absolute Gasteiger partial charge is 0.354 e. The van der Waals surface area contributed by atoms with Gasteiger partial charge in [0.05, 0.1) is 19.3 Å². The van der Waals surface area contributed by atoms with Crippen LogP contribution < -0.4 is 15.2 Å². The molecule has 1 aromatic carbocycles. The molecule has 1 spiro atoms. The lowest BCUT2D eigenvalue weighted by Gasteiger charge is -2.24. The van der Waals surface area contributed by atoms with Crippen molar-refractivity contribution in [2.24, 2.45) is 14.9 Å². The first-order chi connectivity index (χ1) is 14.4. The van der Waals surface area contributed by atoms with Gasteiger partial charge in [0, 0.05) is 11.1 Å². The number of benzene rings is 1. The van der Waals surface area contributed by atoms with E-state index in [1.54, 1.807) is 4.68 Å². The minimum Gasteiger partial charge on any atom is -0.476 e. The number of carbonyl (C=O) groups excluding carboxylic acids is 1. The Kier molecular flexibility index (Phi) is 3.86. The lowest BCUT2D eigenvalue weighted by molar-refractivity contribution is 0.144. The number of nitrogens with zero attached hydrogens (tertiary/aromatic N) is 3. The number of amides is 2. The Labute approximate surface area is 175 Å². The summed E-state index contributed by atoms with van der Waals surface area (Å²) in [5.41, 5.74) is 6.05. The molecule has 0 bridgehead atoms. The quantitative estimate of drug-likeness (QED) is 0.767. The molecule has 0 unspecified atom stereocenters. The Bertz CT molecular complexity index is 1170. The topological polar surface area (TPSA) is 112 Å². The highest BCUT2D eigenvalue weighted by Gasteiger charge is 2.48. The van der Waals surface area contributed by atoms with Crippen LogP contribution in [0.1, 0.15) is 47.9 Å². The van der Waals surface area contributed by atoms with E-state index in [0.717, 1.165) is 63.6 Å². The number of hydrogen-bond acceptors (Lipinski definition) is 4. The van der Waals surface area contributed by atoms with Gasteiger partial charge in [-0.2, -0.15) is 5.10 Å². The maximum atomic E-state index is 13.2. The summed E-state index contributed by atoms with van der Waals surface area (Å²) in [7, 11) is -3.47. The average molecular weight is 428 g/mol. The molecule has 8 nitrogen and oxygen atoms in total. The molecule has 1 saturated carbocycles. The van der Waals surface area contributed by atoms with Crippen LogP contribution in [0.15, 0.2) is 21.5 Å². The first-order valence-electron chi connectivity index (χ1n) is 10.7. The van der Waals surface area contributed by atoms with Crippen molar-refractivity contribution in [3.8, 4) is 5.88 Å². The van der Waals surface area contributed by atoms with Gasteiger partial charge in [-0.1, -0.05) is 6.07 Å². The molecule has 3 N–H and O–H groups in total. The van der Waals surface area contributed by atoms with Crippen molar-refractivity contribution in [2.45, 2.75) is 62.8 Å². The van der Waals surface area contributed by atoms with Gasteiger partial charge < -0.3 is 10.1 Å². The monoisotopic (exact) mass is 427 g/mol. The number of aryl methyl sites for hydroxylation is 2. The number of nitrogens with two attached hydrogens (primary N) is 1. The zero-order chi connectivity index (χ0) is 20.5. The maximum Gasteiger partial charge on any atom is 0.354 e. The standard InChI is InChI=1S/C21H25N5O3S/c22-30(28,17-10-23-26-11-21(7-8-21)12-29-19(17)26)25-20(27)24-18-15-5-1-3-13(15)9-14-4-2-6-16(14)18/h9-10H,1-8,11-12H2,(H3,22,24,25,27,28)/t30-/m1/s1.